The predicted octanol–water partition coefficient (Wildman–Crippen LogP) is 1.59. The first kappa shape index (κ1) is 16.6. The highest BCUT2D eigenvalue weighted by Gasteiger charge is 2.29. The number of guanidine groups is 1. The summed E-state index contributed by atoms with van der Waals surface area (Å²) in [4.78, 5) is 7.25. The van der Waals surface area contributed by atoms with Crippen molar-refractivity contribution in [2.24, 2.45) is 4.99 Å². The topological polar surface area (TPSA) is 48.9 Å². The fraction of sp³-hybridized carbons (Fsp3) is 0.938. The number of rotatable bonds is 8. The van der Waals surface area contributed by atoms with Gasteiger partial charge in [-0.15, -0.1) is 0 Å². The van der Waals surface area contributed by atoms with E-state index in [0.717, 1.165) is 64.2 Å². The maximum Gasteiger partial charge on any atom is 0.191 e. The summed E-state index contributed by atoms with van der Waals surface area (Å²) < 4.78 is 5.80. The highest BCUT2D eigenvalue weighted by Crippen LogP contribution is 2.26. The summed E-state index contributed by atoms with van der Waals surface area (Å²) in [6.45, 7) is 12.2. The summed E-state index contributed by atoms with van der Waals surface area (Å²) in [5, 5.41) is 6.78. The Morgan fingerprint density at radius 1 is 1.33 bits per heavy atom. The molecule has 0 spiro atoms. The Balaban J connectivity index is 1.74. The SMILES string of the molecule is CCNC(=NCC1(C)CCCO1)NCCN(CC)C1CC1. The van der Waals surface area contributed by atoms with Gasteiger partial charge in [-0.3, -0.25) is 9.89 Å². The summed E-state index contributed by atoms with van der Waals surface area (Å²) in [7, 11) is 0. The van der Waals surface area contributed by atoms with E-state index in [1.165, 1.54) is 12.8 Å². The average Bonchev–Trinajstić information content (AvgIpc) is 3.23. The molecule has 1 atom stereocenters. The van der Waals surface area contributed by atoms with E-state index < -0.39 is 0 Å². The molecule has 1 aliphatic carbocycles. The molecule has 0 aromatic heterocycles. The fourth-order valence-electron chi connectivity index (χ4n) is 2.91. The van der Waals surface area contributed by atoms with Crippen LogP contribution in [-0.4, -0.2) is 61.8 Å². The Labute approximate surface area is 129 Å². The molecule has 0 amide bonds. The zero-order chi connectivity index (χ0) is 15.1. The van der Waals surface area contributed by atoms with Crippen LogP contribution in [0.15, 0.2) is 4.99 Å². The van der Waals surface area contributed by atoms with Gasteiger partial charge in [0.2, 0.25) is 0 Å². The molecule has 1 saturated heterocycles. The summed E-state index contributed by atoms with van der Waals surface area (Å²) in [5.41, 5.74) is -0.0637. The van der Waals surface area contributed by atoms with Crippen molar-refractivity contribution >= 4 is 5.96 Å². The molecule has 0 radical (unpaired) electrons. The van der Waals surface area contributed by atoms with Crippen LogP contribution in [0.4, 0.5) is 0 Å². The van der Waals surface area contributed by atoms with Gasteiger partial charge in [0, 0.05) is 32.3 Å². The molecule has 1 aliphatic heterocycles. The molecule has 5 heteroatoms. The van der Waals surface area contributed by atoms with Gasteiger partial charge in [-0.2, -0.15) is 0 Å². The van der Waals surface area contributed by atoms with E-state index in [4.69, 9.17) is 9.73 Å². The third-order valence-corrected chi connectivity index (χ3v) is 4.38. The summed E-state index contributed by atoms with van der Waals surface area (Å²) in [6, 6.07) is 0.835. The van der Waals surface area contributed by atoms with E-state index in [2.05, 4.69) is 36.3 Å². The zero-order valence-electron chi connectivity index (χ0n) is 14.0. The second-order valence-corrected chi connectivity index (χ2v) is 6.38. The van der Waals surface area contributed by atoms with Crippen molar-refractivity contribution in [1.82, 2.24) is 15.5 Å². The Kier molecular flexibility index (Phi) is 6.30. The number of nitrogens with zero attached hydrogens (tertiary/aromatic N) is 2. The lowest BCUT2D eigenvalue weighted by Crippen LogP contribution is -2.43. The number of nitrogens with one attached hydrogen (secondary N) is 2. The third-order valence-electron chi connectivity index (χ3n) is 4.38. The molecular weight excluding hydrogens is 264 g/mol. The first-order valence-corrected chi connectivity index (χ1v) is 8.57. The van der Waals surface area contributed by atoms with E-state index >= 15 is 0 Å². The lowest BCUT2D eigenvalue weighted by molar-refractivity contribution is 0.0283. The molecule has 0 aromatic carbocycles. The van der Waals surface area contributed by atoms with Crippen molar-refractivity contribution in [1.29, 1.82) is 0 Å². The van der Waals surface area contributed by atoms with Crippen LogP contribution in [0.3, 0.4) is 0 Å². The van der Waals surface area contributed by atoms with Gasteiger partial charge in [-0.05, 0) is 46.1 Å². The molecule has 0 aromatic rings. The molecular formula is C16H32N4O. The van der Waals surface area contributed by atoms with Gasteiger partial charge >= 0.3 is 0 Å². The molecule has 5 nitrogen and oxygen atoms in total. The molecule has 1 saturated carbocycles. The molecule has 1 unspecified atom stereocenters. The maximum atomic E-state index is 5.80. The second kappa shape index (κ2) is 7.99. The average molecular weight is 296 g/mol. The van der Waals surface area contributed by atoms with Gasteiger partial charge in [0.25, 0.3) is 0 Å². The van der Waals surface area contributed by atoms with E-state index in [0.29, 0.717) is 0 Å². The molecule has 2 fully saturated rings. The molecule has 0 bridgehead atoms. The fourth-order valence-corrected chi connectivity index (χ4v) is 2.91. The minimum Gasteiger partial charge on any atom is -0.373 e. The van der Waals surface area contributed by atoms with Crippen LogP contribution in [0.2, 0.25) is 0 Å². The van der Waals surface area contributed by atoms with Gasteiger partial charge in [0.05, 0.1) is 12.1 Å². The van der Waals surface area contributed by atoms with Crippen molar-refractivity contribution < 1.29 is 4.74 Å². The van der Waals surface area contributed by atoms with Gasteiger partial charge in [0.1, 0.15) is 0 Å². The zero-order valence-corrected chi connectivity index (χ0v) is 14.0. The Bertz CT molecular complexity index is 335. The van der Waals surface area contributed by atoms with E-state index in [-0.39, 0.29) is 5.60 Å². The molecule has 2 rings (SSSR count). The third kappa shape index (κ3) is 5.47. The highest BCUT2D eigenvalue weighted by molar-refractivity contribution is 5.79. The number of hydrogen-bond donors (Lipinski definition) is 2. The van der Waals surface area contributed by atoms with Crippen LogP contribution in [-0.2, 0) is 4.74 Å². The summed E-state index contributed by atoms with van der Waals surface area (Å²) in [6.07, 6.45) is 5.01. The minimum atomic E-state index is -0.0637. The number of likely N-dealkylation sites (N-methyl/N-ethyl adjacent to an activating group) is 1. The first-order valence-electron chi connectivity index (χ1n) is 8.57. The number of aliphatic imine (C=N–C) groups is 1. The number of ether oxygens (including phenoxy) is 1. The van der Waals surface area contributed by atoms with Crippen LogP contribution in [0.1, 0.15) is 46.5 Å². The lowest BCUT2D eigenvalue weighted by Gasteiger charge is -2.23. The molecule has 21 heavy (non-hydrogen) atoms. The van der Waals surface area contributed by atoms with Crippen LogP contribution in [0.25, 0.3) is 0 Å². The van der Waals surface area contributed by atoms with Gasteiger partial charge < -0.3 is 15.4 Å². The van der Waals surface area contributed by atoms with E-state index in [9.17, 15) is 0 Å². The van der Waals surface area contributed by atoms with E-state index in [1.54, 1.807) is 0 Å². The minimum absolute atomic E-state index is 0.0637. The first-order chi connectivity index (χ1) is 10.2. The number of hydrogen-bond acceptors (Lipinski definition) is 3. The largest absolute Gasteiger partial charge is 0.373 e. The standard InChI is InChI=1S/C16H32N4O/c1-4-17-15(19-13-16(3)9-6-12-21-16)18-10-11-20(5-2)14-7-8-14/h14H,4-13H2,1-3H3,(H2,17,18,19). The van der Waals surface area contributed by atoms with Crippen molar-refractivity contribution in [3.8, 4) is 0 Å². The Morgan fingerprint density at radius 3 is 2.71 bits per heavy atom. The van der Waals surface area contributed by atoms with Crippen molar-refractivity contribution in [2.45, 2.75) is 58.1 Å². The van der Waals surface area contributed by atoms with Gasteiger partial charge in [-0.1, -0.05) is 6.92 Å². The highest BCUT2D eigenvalue weighted by atomic mass is 16.5. The molecule has 2 aliphatic rings. The van der Waals surface area contributed by atoms with Crippen LogP contribution >= 0.6 is 0 Å². The van der Waals surface area contributed by atoms with Gasteiger partial charge in [0.15, 0.2) is 5.96 Å². The van der Waals surface area contributed by atoms with Crippen molar-refractivity contribution in [3.63, 3.8) is 0 Å². The molecule has 1 heterocycles. The van der Waals surface area contributed by atoms with E-state index in [1.807, 2.05) is 0 Å². The second-order valence-electron chi connectivity index (χ2n) is 6.38. The monoisotopic (exact) mass is 296 g/mol. The summed E-state index contributed by atoms with van der Waals surface area (Å²) in [5.74, 6) is 0.918. The Hall–Kier alpha value is -0.810. The van der Waals surface area contributed by atoms with Crippen LogP contribution < -0.4 is 10.6 Å². The van der Waals surface area contributed by atoms with Crippen LogP contribution in [0, 0.1) is 0 Å². The van der Waals surface area contributed by atoms with Crippen molar-refractivity contribution in [3.05, 3.63) is 0 Å². The predicted molar refractivity (Wildman–Crippen MR) is 87.8 cm³/mol. The molecule has 2 N–H and O–H groups in total. The Morgan fingerprint density at radius 2 is 2.14 bits per heavy atom. The van der Waals surface area contributed by atoms with Gasteiger partial charge in [-0.25, -0.2) is 0 Å². The maximum absolute atomic E-state index is 5.80. The smallest absolute Gasteiger partial charge is 0.191 e. The van der Waals surface area contributed by atoms with Crippen LogP contribution in [0.5, 0.6) is 0 Å². The quantitative estimate of drug-likeness (QED) is 0.527. The lowest BCUT2D eigenvalue weighted by atomic mass is 10.0. The normalized spacial score (nSPS) is 26.4. The molecule has 122 valence electrons. The van der Waals surface area contributed by atoms with Crippen molar-refractivity contribution in [2.75, 3.05) is 39.3 Å². The summed E-state index contributed by atoms with van der Waals surface area (Å²) >= 11 is 0.